The molecule has 0 aliphatic carbocycles. The molecule has 0 fully saturated rings. The van der Waals surface area contributed by atoms with Crippen LogP contribution < -0.4 is 9.47 Å². The molecule has 4 aromatic heterocycles. The van der Waals surface area contributed by atoms with Crippen molar-refractivity contribution in [3.8, 4) is 11.5 Å². The summed E-state index contributed by atoms with van der Waals surface area (Å²) in [6.45, 7) is 1.16. The standard InChI is InChI=1S/C18H17ClN2O3.C18H15ClN2O3.CH4/c2*1-24-16-9-13-8-15(6-7-17(22)23)21(18(13)20-10-16)11-12-2-4-14(19)5-3-12;/h2-5,8-10H,6-7,11H2,1H3,(H,22,23);2-10H,11H2,1H3,(H,22,23);1H4/b;7-6+;. The largest absolute Gasteiger partial charge is 0.495 e. The smallest absolute Gasteiger partial charge is 0.328 e. The molecule has 10 nitrogen and oxygen atoms in total. The Hall–Kier alpha value is -5.32. The number of carboxylic acid groups (broad SMARTS) is 2. The zero-order valence-electron chi connectivity index (χ0n) is 26.1. The third-order valence-electron chi connectivity index (χ3n) is 7.51. The minimum atomic E-state index is -0.996. The van der Waals surface area contributed by atoms with E-state index in [0.717, 1.165) is 50.7 Å². The second-order valence-corrected chi connectivity index (χ2v) is 11.6. The van der Waals surface area contributed by atoms with Crippen molar-refractivity contribution in [3.63, 3.8) is 0 Å². The van der Waals surface area contributed by atoms with Gasteiger partial charge in [-0.2, -0.15) is 0 Å². The Morgan fingerprint density at radius 1 is 0.755 bits per heavy atom. The summed E-state index contributed by atoms with van der Waals surface area (Å²) >= 11 is 11.9. The van der Waals surface area contributed by atoms with E-state index in [0.29, 0.717) is 41.1 Å². The number of nitrogens with zero attached hydrogens (tertiary/aromatic N) is 4. The van der Waals surface area contributed by atoms with Gasteiger partial charge >= 0.3 is 11.9 Å². The predicted octanol–water partition coefficient (Wildman–Crippen LogP) is 8.24. The number of ether oxygens (including phenoxy) is 2. The number of hydrogen-bond acceptors (Lipinski definition) is 6. The maximum absolute atomic E-state index is 10.9. The van der Waals surface area contributed by atoms with Gasteiger partial charge in [0.05, 0.1) is 33.0 Å². The van der Waals surface area contributed by atoms with E-state index in [9.17, 15) is 9.59 Å². The summed E-state index contributed by atoms with van der Waals surface area (Å²) in [5.41, 5.74) is 5.37. The summed E-state index contributed by atoms with van der Waals surface area (Å²) in [5.74, 6) is -0.483. The van der Waals surface area contributed by atoms with Crippen LogP contribution in [0.1, 0.15) is 36.4 Å². The number of carbonyl (C=O) groups is 2. The highest BCUT2D eigenvalue weighted by Crippen LogP contribution is 2.26. The van der Waals surface area contributed by atoms with Crippen molar-refractivity contribution in [2.45, 2.75) is 33.4 Å². The zero-order chi connectivity index (χ0) is 34.2. The Kier molecular flexibility index (Phi) is 12.4. The number of aryl methyl sites for hydroxylation is 1. The number of rotatable bonds is 11. The quantitative estimate of drug-likeness (QED) is 0.129. The lowest BCUT2D eigenvalue weighted by Gasteiger charge is -2.10. The van der Waals surface area contributed by atoms with E-state index in [-0.39, 0.29) is 13.8 Å². The third kappa shape index (κ3) is 9.40. The van der Waals surface area contributed by atoms with Crippen LogP contribution in [0.5, 0.6) is 11.5 Å². The van der Waals surface area contributed by atoms with Crippen LogP contribution in [0, 0.1) is 0 Å². The normalized spacial score (nSPS) is 10.9. The summed E-state index contributed by atoms with van der Waals surface area (Å²) in [4.78, 5) is 30.7. The lowest BCUT2D eigenvalue weighted by atomic mass is 10.2. The predicted molar refractivity (Wildman–Crippen MR) is 193 cm³/mol. The second-order valence-electron chi connectivity index (χ2n) is 10.8. The van der Waals surface area contributed by atoms with E-state index in [2.05, 4.69) is 9.97 Å². The molecular weight excluding hydrogens is 667 g/mol. The molecule has 0 radical (unpaired) electrons. The topological polar surface area (TPSA) is 129 Å². The van der Waals surface area contributed by atoms with E-state index < -0.39 is 11.9 Å². The molecule has 0 aliphatic rings. The van der Waals surface area contributed by atoms with Crippen molar-refractivity contribution in [3.05, 3.63) is 124 Å². The molecule has 0 aliphatic heterocycles. The molecule has 0 amide bonds. The highest BCUT2D eigenvalue weighted by molar-refractivity contribution is 6.30. The molecule has 49 heavy (non-hydrogen) atoms. The molecular formula is C37H36Cl2N4O6. The molecule has 6 aromatic rings. The van der Waals surface area contributed by atoms with Crippen LogP contribution in [-0.4, -0.2) is 55.5 Å². The van der Waals surface area contributed by atoms with E-state index in [4.69, 9.17) is 42.9 Å². The number of aromatic nitrogens is 4. The van der Waals surface area contributed by atoms with Gasteiger partial charge in [-0.05, 0) is 72.2 Å². The summed E-state index contributed by atoms with van der Waals surface area (Å²) < 4.78 is 14.4. The maximum atomic E-state index is 10.9. The zero-order valence-corrected chi connectivity index (χ0v) is 27.7. The number of halogens is 2. The van der Waals surface area contributed by atoms with E-state index >= 15 is 0 Å². The minimum Gasteiger partial charge on any atom is -0.495 e. The average Bonchev–Trinajstić information content (AvgIpc) is 3.61. The number of aliphatic carboxylic acids is 2. The lowest BCUT2D eigenvalue weighted by Crippen LogP contribution is -2.07. The molecule has 2 aromatic carbocycles. The number of pyridine rings is 2. The van der Waals surface area contributed by atoms with Gasteiger partial charge in [-0.15, -0.1) is 0 Å². The molecule has 0 saturated carbocycles. The summed E-state index contributed by atoms with van der Waals surface area (Å²) in [6.07, 6.45) is 6.51. The van der Waals surface area contributed by atoms with Crippen molar-refractivity contribution in [2.75, 3.05) is 14.2 Å². The van der Waals surface area contributed by atoms with Gasteiger partial charge in [0.25, 0.3) is 0 Å². The first-order valence-corrected chi connectivity index (χ1v) is 15.6. The molecule has 4 heterocycles. The van der Waals surface area contributed by atoms with Crippen molar-refractivity contribution >= 4 is 63.3 Å². The minimum absolute atomic E-state index is 0. The van der Waals surface area contributed by atoms with Gasteiger partial charge in [0, 0.05) is 51.4 Å². The summed E-state index contributed by atoms with van der Waals surface area (Å²) in [6, 6.07) is 22.8. The van der Waals surface area contributed by atoms with Crippen LogP contribution in [0.3, 0.4) is 0 Å². The van der Waals surface area contributed by atoms with Crippen LogP contribution in [0.15, 0.2) is 91.3 Å². The number of methoxy groups -OCH3 is 2. The Morgan fingerprint density at radius 3 is 1.73 bits per heavy atom. The number of benzene rings is 2. The first-order chi connectivity index (χ1) is 23.1. The Balaban J connectivity index is 0.000000216. The van der Waals surface area contributed by atoms with E-state index in [1.807, 2.05) is 81.9 Å². The van der Waals surface area contributed by atoms with Gasteiger partial charge in [-0.1, -0.05) is 54.9 Å². The van der Waals surface area contributed by atoms with E-state index in [1.165, 1.54) is 0 Å². The molecule has 254 valence electrons. The van der Waals surface area contributed by atoms with Crippen molar-refractivity contribution in [1.29, 1.82) is 0 Å². The third-order valence-corrected chi connectivity index (χ3v) is 8.01. The van der Waals surface area contributed by atoms with E-state index in [1.54, 1.807) is 32.7 Å². The Labute approximate surface area is 293 Å². The number of carboxylic acids is 2. The van der Waals surface area contributed by atoms with Crippen LogP contribution in [-0.2, 0) is 29.1 Å². The fraction of sp³-hybridized carbons (Fsp3) is 0.189. The van der Waals surface area contributed by atoms with Gasteiger partial charge in [0.15, 0.2) is 0 Å². The highest BCUT2D eigenvalue weighted by Gasteiger charge is 2.14. The Bertz CT molecular complexity index is 2090. The molecule has 6 rings (SSSR count). The first kappa shape index (κ1) is 36.5. The van der Waals surface area contributed by atoms with Crippen LogP contribution in [0.4, 0.5) is 0 Å². The average molecular weight is 704 g/mol. The molecule has 0 spiro atoms. The summed E-state index contributed by atoms with van der Waals surface area (Å²) in [7, 11) is 3.18. The van der Waals surface area contributed by atoms with Gasteiger partial charge in [0.1, 0.15) is 22.8 Å². The van der Waals surface area contributed by atoms with Gasteiger partial charge < -0.3 is 28.8 Å². The van der Waals surface area contributed by atoms with Crippen LogP contribution in [0.25, 0.3) is 28.1 Å². The van der Waals surface area contributed by atoms with Crippen LogP contribution in [0.2, 0.25) is 10.0 Å². The molecule has 0 atom stereocenters. The number of fused-ring (bicyclic) bond motifs is 2. The summed E-state index contributed by atoms with van der Waals surface area (Å²) in [5, 5.41) is 21.1. The lowest BCUT2D eigenvalue weighted by molar-refractivity contribution is -0.137. The Morgan fingerprint density at radius 2 is 1.24 bits per heavy atom. The first-order valence-electron chi connectivity index (χ1n) is 14.8. The molecule has 2 N–H and O–H groups in total. The fourth-order valence-electron chi connectivity index (χ4n) is 5.17. The van der Waals surface area contributed by atoms with Crippen molar-refractivity contribution < 1.29 is 29.3 Å². The van der Waals surface area contributed by atoms with Crippen molar-refractivity contribution in [2.24, 2.45) is 0 Å². The van der Waals surface area contributed by atoms with Gasteiger partial charge in [0.2, 0.25) is 0 Å². The van der Waals surface area contributed by atoms with Crippen molar-refractivity contribution in [1.82, 2.24) is 19.1 Å². The molecule has 12 heteroatoms. The molecule has 0 unspecified atom stereocenters. The molecule has 0 bridgehead atoms. The van der Waals surface area contributed by atoms with Crippen LogP contribution >= 0.6 is 23.2 Å². The molecule has 0 saturated heterocycles. The van der Waals surface area contributed by atoms with Gasteiger partial charge in [-0.25, -0.2) is 14.8 Å². The monoisotopic (exact) mass is 702 g/mol. The maximum Gasteiger partial charge on any atom is 0.328 e. The van der Waals surface area contributed by atoms with Gasteiger partial charge in [-0.3, -0.25) is 4.79 Å². The second kappa shape index (κ2) is 16.7. The highest BCUT2D eigenvalue weighted by atomic mass is 35.5. The fourth-order valence-corrected chi connectivity index (χ4v) is 5.42. The number of hydrogen-bond donors (Lipinski definition) is 2. The SMILES string of the molecule is C.COc1cnc2c(c1)cc(/C=C/C(=O)O)n2Cc1ccc(Cl)cc1.COc1cnc2c(c1)cc(CCC(=O)O)n2Cc1ccc(Cl)cc1.